The zero-order chi connectivity index (χ0) is 26.4. The van der Waals surface area contributed by atoms with E-state index in [1.807, 2.05) is 36.3 Å². The maximum Gasteiger partial charge on any atom is 0.254 e. The Morgan fingerprint density at radius 2 is 2.13 bits per heavy atom. The molecule has 0 N–H and O–H groups in total. The molecule has 4 aromatic rings. The highest BCUT2D eigenvalue weighted by atomic mass is 16.5. The van der Waals surface area contributed by atoms with Gasteiger partial charge >= 0.3 is 0 Å². The largest absolute Gasteiger partial charge is 0.494 e. The van der Waals surface area contributed by atoms with Crippen molar-refractivity contribution in [3.63, 3.8) is 0 Å². The Morgan fingerprint density at radius 1 is 1.26 bits per heavy atom. The smallest absolute Gasteiger partial charge is 0.254 e. The molecular formula is C30H30N6O3. The molecule has 1 saturated heterocycles. The summed E-state index contributed by atoms with van der Waals surface area (Å²) in [5.41, 5.74) is 4.18. The maximum atomic E-state index is 13.9. The van der Waals surface area contributed by atoms with E-state index in [9.17, 15) is 4.79 Å². The van der Waals surface area contributed by atoms with Gasteiger partial charge in [0.2, 0.25) is 0 Å². The number of aromatic nitrogens is 4. The van der Waals surface area contributed by atoms with Crippen LogP contribution in [-0.2, 0) is 18.3 Å². The number of pyridine rings is 1. The van der Waals surface area contributed by atoms with Gasteiger partial charge in [-0.2, -0.15) is 5.26 Å². The molecule has 9 heteroatoms. The van der Waals surface area contributed by atoms with Crippen LogP contribution in [0.3, 0.4) is 0 Å². The highest BCUT2D eigenvalue weighted by Crippen LogP contribution is 2.62. The summed E-state index contributed by atoms with van der Waals surface area (Å²) in [5.74, 6) is 3.66. The molecule has 5 atom stereocenters. The Hall–Kier alpha value is -3.90. The molecule has 1 unspecified atom stereocenters. The van der Waals surface area contributed by atoms with E-state index in [1.54, 1.807) is 7.11 Å². The van der Waals surface area contributed by atoms with E-state index in [0.29, 0.717) is 35.0 Å². The van der Waals surface area contributed by atoms with Crippen LogP contribution in [-0.4, -0.2) is 62.3 Å². The number of ether oxygens (including phenoxy) is 2. The third-order valence-electron chi connectivity index (χ3n) is 9.58. The second kappa shape index (κ2) is 8.30. The molecule has 4 aliphatic rings. The second-order valence-electron chi connectivity index (χ2n) is 11.7. The highest BCUT2D eigenvalue weighted by Gasteiger charge is 2.68. The third kappa shape index (κ3) is 3.24. The molecule has 1 aromatic carbocycles. The fourth-order valence-electron chi connectivity index (χ4n) is 7.56. The summed E-state index contributed by atoms with van der Waals surface area (Å²) in [5, 5.41) is 10.1. The van der Waals surface area contributed by atoms with Gasteiger partial charge in [0.25, 0.3) is 5.91 Å². The van der Waals surface area contributed by atoms with Crippen LogP contribution in [0, 0.1) is 35.0 Å². The number of likely N-dealkylation sites (tertiary alicyclic amines) is 1. The number of nitrogens with zero attached hydrogens (tertiary/aromatic N) is 6. The Bertz CT molecular complexity index is 1690. The van der Waals surface area contributed by atoms with Crippen molar-refractivity contribution >= 4 is 28.0 Å². The maximum absolute atomic E-state index is 13.9. The summed E-state index contributed by atoms with van der Waals surface area (Å²) in [6.45, 7) is 1.74. The first-order valence-electron chi connectivity index (χ1n) is 13.9. The normalized spacial score (nSPS) is 26.8. The fourth-order valence-corrected chi connectivity index (χ4v) is 7.56. The molecule has 3 aliphatic carbocycles. The van der Waals surface area contributed by atoms with Crippen LogP contribution < -0.4 is 4.74 Å². The van der Waals surface area contributed by atoms with E-state index in [2.05, 4.69) is 32.3 Å². The first kappa shape index (κ1) is 23.0. The average molecular weight is 523 g/mol. The summed E-state index contributed by atoms with van der Waals surface area (Å²) >= 11 is 0. The van der Waals surface area contributed by atoms with E-state index in [1.165, 1.54) is 12.8 Å². The molecule has 8 rings (SSSR count). The molecule has 3 aromatic heterocycles. The van der Waals surface area contributed by atoms with Crippen LogP contribution in [0.2, 0.25) is 0 Å². The van der Waals surface area contributed by atoms with Crippen molar-refractivity contribution in [3.8, 4) is 23.3 Å². The quantitative estimate of drug-likeness (QED) is 0.364. The topological polar surface area (TPSA) is 98.2 Å². The van der Waals surface area contributed by atoms with Gasteiger partial charge in [-0.25, -0.2) is 9.97 Å². The SMILES string of the molecule is COc1cc(C(=O)N2C[C@H]3CC4[C@H]3[C@H]2[C@H]4OCC#N)cc2nc(-c3cc4cccnc4n3CC3CC3)n(C)c12. The molecule has 1 aliphatic heterocycles. The van der Waals surface area contributed by atoms with E-state index >= 15 is 0 Å². The van der Waals surface area contributed by atoms with Gasteiger partial charge in [0.05, 0.1) is 36.5 Å². The van der Waals surface area contributed by atoms with Gasteiger partial charge in [-0.3, -0.25) is 4.79 Å². The highest BCUT2D eigenvalue weighted by molar-refractivity contribution is 6.00. The van der Waals surface area contributed by atoms with Crippen molar-refractivity contribution in [2.24, 2.45) is 30.7 Å². The number of carbonyl (C=O) groups is 1. The zero-order valence-corrected chi connectivity index (χ0v) is 22.1. The van der Waals surface area contributed by atoms with Crippen molar-refractivity contribution in [2.75, 3.05) is 20.3 Å². The van der Waals surface area contributed by atoms with E-state index in [0.717, 1.165) is 53.1 Å². The minimum Gasteiger partial charge on any atom is -0.494 e. The van der Waals surface area contributed by atoms with Crippen LogP contribution in [0.5, 0.6) is 5.75 Å². The molecule has 0 bridgehead atoms. The fraction of sp³-hybridized carbons (Fsp3) is 0.467. The van der Waals surface area contributed by atoms with Crippen LogP contribution >= 0.6 is 0 Å². The summed E-state index contributed by atoms with van der Waals surface area (Å²) < 4.78 is 16.0. The molecule has 1 amide bonds. The summed E-state index contributed by atoms with van der Waals surface area (Å²) in [7, 11) is 3.65. The predicted molar refractivity (Wildman–Crippen MR) is 144 cm³/mol. The third-order valence-corrected chi connectivity index (χ3v) is 9.58. The van der Waals surface area contributed by atoms with Crippen LogP contribution in [0.1, 0.15) is 29.6 Å². The van der Waals surface area contributed by atoms with E-state index in [4.69, 9.17) is 19.7 Å². The number of fused-ring (bicyclic) bond motifs is 2. The van der Waals surface area contributed by atoms with Crippen molar-refractivity contribution < 1.29 is 14.3 Å². The van der Waals surface area contributed by atoms with E-state index in [-0.39, 0.29) is 24.7 Å². The van der Waals surface area contributed by atoms with Crippen molar-refractivity contribution in [1.29, 1.82) is 5.26 Å². The van der Waals surface area contributed by atoms with Crippen LogP contribution in [0.25, 0.3) is 33.6 Å². The number of hydrogen-bond donors (Lipinski definition) is 0. The molecule has 4 fully saturated rings. The summed E-state index contributed by atoms with van der Waals surface area (Å²) in [6, 6.07) is 12.1. The molecule has 0 spiro atoms. The van der Waals surface area contributed by atoms with Crippen molar-refractivity contribution in [1.82, 2.24) is 24.0 Å². The lowest BCUT2D eigenvalue weighted by Crippen LogP contribution is -2.65. The predicted octanol–water partition coefficient (Wildman–Crippen LogP) is 4.01. The number of imidazole rings is 1. The molecule has 198 valence electrons. The van der Waals surface area contributed by atoms with Crippen molar-refractivity contribution in [2.45, 2.75) is 38.0 Å². The number of benzene rings is 1. The number of hydrogen-bond acceptors (Lipinski definition) is 6. The molecule has 3 saturated carbocycles. The molecular weight excluding hydrogens is 492 g/mol. The second-order valence-corrected chi connectivity index (χ2v) is 11.7. The standard InChI is InChI=1S/C30H30N6O3/c1-34-25-21(33-29(34)22-12-17-4-3-8-32-28(17)35(22)14-16-5-6-16)11-18(13-23(25)38-2)30(37)36-15-19-10-20-24(19)26(36)27(20)39-9-7-31/h3-4,8,11-13,16,19-20,24,26-27H,5-6,9-10,14-15H2,1-2H3/t19-,20?,24+,26+,27+/m1/s1. The Morgan fingerprint density at radius 3 is 2.92 bits per heavy atom. The molecule has 39 heavy (non-hydrogen) atoms. The lowest BCUT2D eigenvalue weighted by molar-refractivity contribution is -0.167. The average Bonchev–Trinajstić information content (AvgIpc) is 3.58. The van der Waals surface area contributed by atoms with Crippen molar-refractivity contribution in [3.05, 3.63) is 42.1 Å². The van der Waals surface area contributed by atoms with Gasteiger partial charge in [0.15, 0.2) is 5.82 Å². The molecule has 9 nitrogen and oxygen atoms in total. The van der Waals surface area contributed by atoms with Gasteiger partial charge in [0, 0.05) is 37.3 Å². The summed E-state index contributed by atoms with van der Waals surface area (Å²) in [6.07, 6.45) is 5.38. The first-order chi connectivity index (χ1) is 19.1. The van der Waals surface area contributed by atoms with Gasteiger partial charge < -0.3 is 23.5 Å². The van der Waals surface area contributed by atoms with Crippen LogP contribution in [0.15, 0.2) is 36.5 Å². The number of carbonyl (C=O) groups excluding carboxylic acids is 1. The number of rotatable bonds is 7. The minimum atomic E-state index is -0.0357. The first-order valence-corrected chi connectivity index (χ1v) is 13.9. The number of nitriles is 1. The number of amides is 1. The van der Waals surface area contributed by atoms with E-state index < -0.39 is 0 Å². The molecule has 0 radical (unpaired) electrons. The number of methoxy groups -OCH3 is 1. The summed E-state index contributed by atoms with van der Waals surface area (Å²) in [4.78, 5) is 25.6. The lowest BCUT2D eigenvalue weighted by atomic mass is 9.51. The molecule has 4 heterocycles. The van der Waals surface area contributed by atoms with Crippen LogP contribution in [0.4, 0.5) is 0 Å². The van der Waals surface area contributed by atoms with Gasteiger partial charge in [-0.1, -0.05) is 0 Å². The van der Waals surface area contributed by atoms with Gasteiger partial charge in [-0.05, 0) is 73.3 Å². The Labute approximate surface area is 225 Å². The Kier molecular flexibility index (Phi) is 4.90. The Balaban J connectivity index is 1.19. The number of aryl methyl sites for hydroxylation is 1. The van der Waals surface area contributed by atoms with Gasteiger partial charge in [-0.15, -0.1) is 0 Å². The monoisotopic (exact) mass is 522 g/mol. The van der Waals surface area contributed by atoms with Gasteiger partial charge in [0.1, 0.15) is 23.5 Å². The minimum absolute atomic E-state index is 0.0159. The zero-order valence-electron chi connectivity index (χ0n) is 22.1. The lowest BCUT2D eigenvalue weighted by Gasteiger charge is -2.58.